The molecular weight excluding hydrogens is 322 g/mol. The van der Waals surface area contributed by atoms with Crippen molar-refractivity contribution in [3.63, 3.8) is 0 Å². The summed E-state index contributed by atoms with van der Waals surface area (Å²) in [6, 6.07) is 4.93. The van der Waals surface area contributed by atoms with Crippen molar-refractivity contribution in [2.45, 2.75) is 20.4 Å². The zero-order chi connectivity index (χ0) is 18.0. The Kier molecular flexibility index (Phi) is 5.06. The number of phenolic OH excluding ortho intramolecular Hbond substituents is 1. The van der Waals surface area contributed by atoms with Crippen LogP contribution in [0.2, 0.25) is 0 Å². The van der Waals surface area contributed by atoms with Crippen LogP contribution >= 0.6 is 0 Å². The number of ketones is 1. The van der Waals surface area contributed by atoms with Crippen LogP contribution in [0.5, 0.6) is 5.75 Å². The van der Waals surface area contributed by atoms with Gasteiger partial charge in [0.25, 0.3) is 5.55 Å². The van der Waals surface area contributed by atoms with Crippen molar-refractivity contribution in [1.29, 1.82) is 0 Å². The molecule has 1 saturated heterocycles. The van der Waals surface area contributed by atoms with E-state index in [0.717, 1.165) is 32.7 Å². The molecule has 25 heavy (non-hydrogen) atoms. The van der Waals surface area contributed by atoms with Crippen LogP contribution < -0.4 is 5.55 Å². The minimum Gasteiger partial charge on any atom is -0.507 e. The Bertz CT molecular complexity index is 851. The molecule has 0 atom stereocenters. The van der Waals surface area contributed by atoms with Crippen LogP contribution in [0.1, 0.15) is 29.8 Å². The van der Waals surface area contributed by atoms with Crippen LogP contribution in [0.4, 0.5) is 0 Å². The lowest BCUT2D eigenvalue weighted by Crippen LogP contribution is -2.45. The molecule has 1 aliphatic rings. The molecule has 3 rings (SSSR count). The van der Waals surface area contributed by atoms with Gasteiger partial charge in [0, 0.05) is 38.1 Å². The summed E-state index contributed by atoms with van der Waals surface area (Å²) in [6.07, 6.45) is 0. The van der Waals surface area contributed by atoms with Crippen molar-refractivity contribution in [3.8, 4) is 5.75 Å². The highest BCUT2D eigenvalue weighted by molar-refractivity contribution is 5.97. The van der Waals surface area contributed by atoms with Crippen molar-refractivity contribution >= 4 is 16.8 Å². The Morgan fingerprint density at radius 3 is 2.52 bits per heavy atom. The lowest BCUT2D eigenvalue weighted by Gasteiger charge is -2.34. The number of carbonyl (C=O) groups is 1. The molecule has 7 heteroatoms. The second-order valence-electron chi connectivity index (χ2n) is 6.31. The monoisotopic (exact) mass is 345 g/mol. The van der Waals surface area contributed by atoms with Gasteiger partial charge in [-0.25, -0.2) is 0 Å². The number of fused-ring (bicyclic) bond motifs is 1. The summed E-state index contributed by atoms with van der Waals surface area (Å²) >= 11 is 0. The molecule has 0 aliphatic carbocycles. The van der Waals surface area contributed by atoms with E-state index in [-0.39, 0.29) is 22.7 Å². The summed E-state index contributed by atoms with van der Waals surface area (Å²) in [5, 5.41) is 23.3. The van der Waals surface area contributed by atoms with Crippen molar-refractivity contribution in [2.75, 3.05) is 32.7 Å². The zero-order valence-electron chi connectivity index (χ0n) is 14.5. The highest BCUT2D eigenvalue weighted by Crippen LogP contribution is 2.28. The Labute approximate surface area is 145 Å². The second kappa shape index (κ2) is 7.25. The molecule has 1 fully saturated rings. The number of Topliss-reactive ketones (excluding diaryl/α,β-unsaturated/α-hetero) is 1. The molecule has 0 bridgehead atoms. The van der Waals surface area contributed by atoms with E-state index in [1.54, 1.807) is 18.2 Å². The van der Waals surface area contributed by atoms with Crippen molar-refractivity contribution in [1.82, 2.24) is 9.80 Å². The highest BCUT2D eigenvalue weighted by atomic mass is 16.5. The molecule has 2 N–H and O–H groups in total. The summed E-state index contributed by atoms with van der Waals surface area (Å²) in [7, 11) is 0. The normalized spacial score (nSPS) is 17.3. The average molecular weight is 345 g/mol. The first-order chi connectivity index (χ1) is 12.0. The maximum absolute atomic E-state index is 11.7. The topological polar surface area (TPSA) is 89.5 Å². The van der Waals surface area contributed by atoms with Crippen LogP contribution in [0.15, 0.2) is 27.8 Å². The van der Waals surface area contributed by atoms with Gasteiger partial charge >= 0.3 is 0 Å². The number of hydrogen-bond acceptors (Lipinski definition) is 7. The molecule has 0 saturated carbocycles. The predicted molar refractivity (Wildman–Crippen MR) is 92.6 cm³/mol. The van der Waals surface area contributed by atoms with E-state index in [2.05, 4.69) is 21.9 Å². The third kappa shape index (κ3) is 3.52. The van der Waals surface area contributed by atoms with E-state index in [1.165, 1.54) is 6.92 Å². The van der Waals surface area contributed by atoms with E-state index < -0.39 is 0 Å². The number of phenols is 1. The Morgan fingerprint density at radius 1 is 1.24 bits per heavy atom. The van der Waals surface area contributed by atoms with Gasteiger partial charge in [0.1, 0.15) is 11.3 Å². The molecule has 1 aromatic carbocycles. The standard InChI is InChI=1S/C18H23N3O4/c1-3-20-6-8-21(9-7-20)11-15-16(23)5-4-13-10-14(12(2)22)18(19-24)25-17(13)15/h4-5,10,23-24H,3,6-9,11H2,1-2H3. The molecule has 1 aromatic heterocycles. The first-order valence-electron chi connectivity index (χ1n) is 8.46. The number of hydrogen-bond donors (Lipinski definition) is 2. The van der Waals surface area contributed by atoms with E-state index in [4.69, 9.17) is 9.62 Å². The zero-order valence-corrected chi connectivity index (χ0v) is 14.5. The molecule has 0 unspecified atom stereocenters. The summed E-state index contributed by atoms with van der Waals surface area (Å²) in [6.45, 7) is 8.92. The van der Waals surface area contributed by atoms with E-state index in [1.807, 2.05) is 0 Å². The number of rotatable bonds is 4. The molecule has 7 nitrogen and oxygen atoms in total. The van der Waals surface area contributed by atoms with E-state index in [0.29, 0.717) is 23.1 Å². The molecule has 2 aromatic rings. The van der Waals surface area contributed by atoms with Crippen LogP contribution in [-0.2, 0) is 6.54 Å². The van der Waals surface area contributed by atoms with Crippen LogP contribution in [0, 0.1) is 0 Å². The largest absolute Gasteiger partial charge is 0.507 e. The van der Waals surface area contributed by atoms with Crippen LogP contribution in [0.3, 0.4) is 0 Å². The smallest absolute Gasteiger partial charge is 0.266 e. The van der Waals surface area contributed by atoms with Gasteiger partial charge in [0.2, 0.25) is 0 Å². The maximum Gasteiger partial charge on any atom is 0.266 e. The second-order valence-corrected chi connectivity index (χ2v) is 6.31. The van der Waals surface area contributed by atoms with Gasteiger partial charge in [-0.1, -0.05) is 6.92 Å². The fourth-order valence-corrected chi connectivity index (χ4v) is 3.21. The van der Waals surface area contributed by atoms with Gasteiger partial charge in [-0.15, -0.1) is 0 Å². The third-order valence-electron chi connectivity index (χ3n) is 4.76. The van der Waals surface area contributed by atoms with E-state index >= 15 is 0 Å². The molecule has 2 heterocycles. The quantitative estimate of drug-likeness (QED) is 0.499. The van der Waals surface area contributed by atoms with Gasteiger partial charge in [0.05, 0.1) is 11.1 Å². The summed E-state index contributed by atoms with van der Waals surface area (Å²) < 4.78 is 5.66. The van der Waals surface area contributed by atoms with Gasteiger partial charge in [-0.3, -0.25) is 9.69 Å². The van der Waals surface area contributed by atoms with Crippen LogP contribution in [-0.4, -0.2) is 58.6 Å². The number of nitrogens with zero attached hydrogens (tertiary/aromatic N) is 3. The minimum absolute atomic E-state index is 0.133. The Balaban J connectivity index is 2.00. The first kappa shape index (κ1) is 17.4. The van der Waals surface area contributed by atoms with Crippen molar-refractivity contribution in [3.05, 3.63) is 34.9 Å². The Hall–Kier alpha value is -2.38. The van der Waals surface area contributed by atoms with E-state index in [9.17, 15) is 9.90 Å². The third-order valence-corrected chi connectivity index (χ3v) is 4.76. The summed E-state index contributed by atoms with van der Waals surface area (Å²) in [5.74, 6) is -0.114. The fraction of sp³-hybridized carbons (Fsp3) is 0.444. The minimum atomic E-state index is -0.247. The van der Waals surface area contributed by atoms with Crippen molar-refractivity contribution in [2.24, 2.45) is 5.16 Å². The fourth-order valence-electron chi connectivity index (χ4n) is 3.21. The number of aromatic hydroxyl groups is 1. The lowest BCUT2D eigenvalue weighted by molar-refractivity contribution is 0.101. The summed E-state index contributed by atoms with van der Waals surface area (Å²) in [4.78, 5) is 16.3. The first-order valence-corrected chi connectivity index (χ1v) is 8.46. The van der Waals surface area contributed by atoms with Crippen LogP contribution in [0.25, 0.3) is 11.0 Å². The summed E-state index contributed by atoms with van der Waals surface area (Å²) in [5.41, 5.74) is 1.16. The predicted octanol–water partition coefficient (Wildman–Crippen LogP) is 1.77. The molecular formula is C18H23N3O4. The number of piperazine rings is 1. The maximum atomic E-state index is 11.7. The van der Waals surface area contributed by atoms with Crippen molar-refractivity contribution < 1.29 is 19.5 Å². The molecule has 0 spiro atoms. The molecule has 0 radical (unpaired) electrons. The molecule has 134 valence electrons. The average Bonchev–Trinajstić information content (AvgIpc) is 2.63. The van der Waals surface area contributed by atoms with Gasteiger partial charge < -0.3 is 19.6 Å². The van der Waals surface area contributed by atoms with Gasteiger partial charge in [0.15, 0.2) is 5.78 Å². The molecule has 1 aliphatic heterocycles. The van der Waals surface area contributed by atoms with Gasteiger partial charge in [-0.2, -0.15) is 0 Å². The SMILES string of the molecule is CCN1CCN(Cc2c(O)ccc3cc(C(C)=O)c(=NO)oc23)CC1. The highest BCUT2D eigenvalue weighted by Gasteiger charge is 2.20. The number of benzene rings is 1. The van der Waals surface area contributed by atoms with Gasteiger partial charge in [-0.05, 0) is 36.8 Å². The number of likely N-dealkylation sites (N-methyl/N-ethyl adjacent to an activating group) is 1. The Morgan fingerprint density at radius 2 is 1.92 bits per heavy atom. The lowest BCUT2D eigenvalue weighted by atomic mass is 10.1. The molecule has 0 amide bonds. The number of carbonyl (C=O) groups excluding carboxylic acids is 1.